The Morgan fingerprint density at radius 1 is 1.04 bits per heavy atom. The molecule has 0 bridgehead atoms. The van der Waals surface area contributed by atoms with Gasteiger partial charge in [-0.2, -0.15) is 0 Å². The van der Waals surface area contributed by atoms with Gasteiger partial charge in [0.05, 0.1) is 13.2 Å². The molecule has 1 saturated heterocycles. The molecule has 0 amide bonds. The smallest absolute Gasteiger partial charge is 0.189 e. The number of rotatable bonds is 6. The predicted octanol–water partition coefficient (Wildman–Crippen LogP) is -4.65. The topological polar surface area (TPSA) is 188 Å². The Morgan fingerprint density at radius 3 is 2.00 bits per heavy atom. The van der Waals surface area contributed by atoms with Crippen LogP contribution >= 0.6 is 0 Å². The minimum Gasteiger partial charge on any atom is -0.394 e. The van der Waals surface area contributed by atoms with Crippen LogP contribution in [0, 0.1) is 0 Å². The first-order valence-corrected chi connectivity index (χ1v) is 6.81. The Balaban J connectivity index is 0.000000441. The van der Waals surface area contributed by atoms with Gasteiger partial charge in [0.25, 0.3) is 0 Å². The normalized spacial score (nSPS) is 35.2. The van der Waals surface area contributed by atoms with E-state index in [2.05, 4.69) is 4.74 Å². The second kappa shape index (κ2) is 10.9. The van der Waals surface area contributed by atoms with Gasteiger partial charge in [0.15, 0.2) is 24.9 Å². The Labute approximate surface area is 135 Å². The number of aliphatic hydroxyl groups is 8. The number of aliphatic hydroxyl groups excluding tert-OH is 8. The van der Waals surface area contributed by atoms with Gasteiger partial charge in [-0.25, -0.2) is 8.78 Å². The second-order valence-corrected chi connectivity index (χ2v) is 4.98. The molecule has 1 aliphatic rings. The number of hydrogen-bond acceptors (Lipinski definition) is 10. The van der Waals surface area contributed by atoms with Crippen molar-refractivity contribution in [3.63, 3.8) is 0 Å². The minimum atomic E-state index is -2.26. The fraction of sp³-hybridized carbons (Fsp3) is 0.917. The Morgan fingerprint density at radius 2 is 1.58 bits per heavy atom. The van der Waals surface area contributed by atoms with Crippen LogP contribution in [0.5, 0.6) is 0 Å². The maximum absolute atomic E-state index is 12.7. The lowest BCUT2D eigenvalue weighted by Crippen LogP contribution is -2.56. The molecule has 0 aromatic carbocycles. The zero-order valence-electron chi connectivity index (χ0n) is 12.3. The van der Waals surface area contributed by atoms with Crippen LogP contribution in [0.15, 0.2) is 0 Å². The highest BCUT2D eigenvalue weighted by Gasteiger charge is 2.43. The predicted molar refractivity (Wildman–Crippen MR) is 70.9 cm³/mol. The van der Waals surface area contributed by atoms with E-state index in [1.54, 1.807) is 0 Å². The van der Waals surface area contributed by atoms with Crippen LogP contribution < -0.4 is 0 Å². The molecule has 0 spiro atoms. The Kier molecular flexibility index (Phi) is 10.5. The Bertz CT molecular complexity index is 358. The van der Waals surface area contributed by atoms with E-state index in [0.717, 1.165) is 0 Å². The van der Waals surface area contributed by atoms with Crippen molar-refractivity contribution in [3.05, 3.63) is 0 Å². The highest BCUT2D eigenvalue weighted by atomic mass is 19.1. The SMILES string of the molecule is O=C[C@H](F)[C@@H](O)[C@H](O)[C@H](O)CO.OC[C@H]1OC(O)[C@H](F)[C@@H](O)[C@@H]1O. The first-order chi connectivity index (χ1) is 11.1. The molecule has 1 heterocycles. The summed E-state index contributed by atoms with van der Waals surface area (Å²) in [5.41, 5.74) is 0. The molecule has 1 unspecified atom stereocenters. The molecule has 0 aliphatic carbocycles. The molecule has 12 heteroatoms. The number of carbonyl (C=O) groups excluding carboxylic acids is 1. The Hall–Kier alpha value is -0.830. The molecule has 1 aliphatic heterocycles. The van der Waals surface area contributed by atoms with Gasteiger partial charge in [-0.1, -0.05) is 0 Å². The van der Waals surface area contributed by atoms with E-state index in [0.29, 0.717) is 0 Å². The van der Waals surface area contributed by atoms with Crippen molar-refractivity contribution in [2.45, 2.75) is 55.3 Å². The number of hydrogen-bond donors (Lipinski definition) is 8. The summed E-state index contributed by atoms with van der Waals surface area (Å²) in [6.07, 6.45) is -16.2. The molecule has 0 saturated carbocycles. The molecule has 1 fully saturated rings. The minimum absolute atomic E-state index is 0.196. The van der Waals surface area contributed by atoms with Gasteiger partial charge in [0, 0.05) is 0 Å². The lowest BCUT2D eigenvalue weighted by molar-refractivity contribution is -0.271. The molecule has 9 atom stereocenters. The van der Waals surface area contributed by atoms with E-state index in [4.69, 9.17) is 40.9 Å². The van der Waals surface area contributed by atoms with Crippen molar-refractivity contribution in [2.24, 2.45) is 0 Å². The summed E-state index contributed by atoms with van der Waals surface area (Å²) in [5.74, 6) is 0. The first kappa shape index (κ1) is 23.2. The highest BCUT2D eigenvalue weighted by molar-refractivity contribution is 5.56. The molecule has 8 N–H and O–H groups in total. The summed E-state index contributed by atoms with van der Waals surface area (Å²) in [6, 6.07) is 0. The van der Waals surface area contributed by atoms with Crippen LogP contribution in [-0.2, 0) is 9.53 Å². The van der Waals surface area contributed by atoms with Gasteiger partial charge in [-0.05, 0) is 0 Å². The van der Waals surface area contributed by atoms with Crippen molar-refractivity contribution in [1.29, 1.82) is 0 Å². The maximum Gasteiger partial charge on any atom is 0.189 e. The average Bonchev–Trinajstić information content (AvgIpc) is 2.60. The van der Waals surface area contributed by atoms with E-state index in [-0.39, 0.29) is 6.29 Å². The molecule has 10 nitrogen and oxygen atoms in total. The summed E-state index contributed by atoms with van der Waals surface area (Å²) >= 11 is 0. The third-order valence-electron chi connectivity index (χ3n) is 3.21. The maximum atomic E-state index is 12.7. The van der Waals surface area contributed by atoms with Crippen LogP contribution in [-0.4, -0.2) is 116 Å². The van der Waals surface area contributed by atoms with Crippen LogP contribution in [0.25, 0.3) is 0 Å². The van der Waals surface area contributed by atoms with Crippen molar-refractivity contribution < 1.29 is 59.2 Å². The highest BCUT2D eigenvalue weighted by Crippen LogP contribution is 2.21. The summed E-state index contributed by atoms with van der Waals surface area (Å²) in [4.78, 5) is 9.77. The largest absolute Gasteiger partial charge is 0.394 e. The average molecular weight is 364 g/mol. The molecule has 144 valence electrons. The van der Waals surface area contributed by atoms with Gasteiger partial charge in [0.1, 0.15) is 36.6 Å². The molecule has 1 rings (SSSR count). The van der Waals surface area contributed by atoms with Crippen molar-refractivity contribution in [3.8, 4) is 0 Å². The fourth-order valence-electron chi connectivity index (χ4n) is 1.67. The molecule has 24 heavy (non-hydrogen) atoms. The first-order valence-electron chi connectivity index (χ1n) is 6.81. The van der Waals surface area contributed by atoms with Crippen molar-refractivity contribution in [1.82, 2.24) is 0 Å². The summed E-state index contributed by atoms with van der Waals surface area (Å²) < 4.78 is 29.4. The van der Waals surface area contributed by atoms with E-state index >= 15 is 0 Å². The molecule has 0 aromatic rings. The van der Waals surface area contributed by atoms with E-state index in [1.165, 1.54) is 0 Å². The van der Waals surface area contributed by atoms with Crippen LogP contribution in [0.1, 0.15) is 0 Å². The van der Waals surface area contributed by atoms with Gasteiger partial charge in [-0.15, -0.1) is 0 Å². The number of halogens is 2. The van der Waals surface area contributed by atoms with Crippen LogP contribution in [0.3, 0.4) is 0 Å². The number of ether oxygens (including phenoxy) is 1. The summed E-state index contributed by atoms with van der Waals surface area (Å²) in [7, 11) is 0. The molecule has 0 radical (unpaired) electrons. The van der Waals surface area contributed by atoms with Gasteiger partial charge in [-0.3, -0.25) is 0 Å². The van der Waals surface area contributed by atoms with E-state index in [1.807, 2.05) is 0 Å². The van der Waals surface area contributed by atoms with Crippen molar-refractivity contribution >= 4 is 6.29 Å². The standard InChI is InChI=1S/2C6H11FO5/c7-3-5(10)4(9)2(1-8)12-6(3)11;7-3(1-8)5(11)6(12)4(10)2-9/h2-6,8-11H,1H2;1,3-6,9-12H,2H2/t2-,3-,4-,5-,6?;3-,4+,5+,6+/m10/s1. The summed E-state index contributed by atoms with van der Waals surface area (Å²) in [6.45, 7) is -1.40. The fourth-order valence-corrected chi connectivity index (χ4v) is 1.67. The third kappa shape index (κ3) is 6.23. The zero-order valence-corrected chi connectivity index (χ0v) is 12.3. The number of aldehydes is 1. The summed E-state index contributed by atoms with van der Waals surface area (Å²) in [5, 5.41) is 69.9. The molecular formula is C12H22F2O10. The lowest BCUT2D eigenvalue weighted by atomic mass is 10.0. The van der Waals surface area contributed by atoms with E-state index in [9.17, 15) is 13.6 Å². The van der Waals surface area contributed by atoms with Gasteiger partial charge in [0.2, 0.25) is 0 Å². The van der Waals surface area contributed by atoms with Crippen LogP contribution in [0.4, 0.5) is 8.78 Å². The van der Waals surface area contributed by atoms with Gasteiger partial charge >= 0.3 is 0 Å². The molecular weight excluding hydrogens is 342 g/mol. The second-order valence-electron chi connectivity index (χ2n) is 4.98. The van der Waals surface area contributed by atoms with E-state index < -0.39 is 68.5 Å². The third-order valence-corrected chi connectivity index (χ3v) is 3.21. The quantitative estimate of drug-likeness (QED) is 0.213. The van der Waals surface area contributed by atoms with Gasteiger partial charge < -0.3 is 50.4 Å². The molecule has 0 aromatic heterocycles. The van der Waals surface area contributed by atoms with Crippen molar-refractivity contribution in [2.75, 3.05) is 13.2 Å². The van der Waals surface area contributed by atoms with Crippen LogP contribution in [0.2, 0.25) is 0 Å². The number of carbonyl (C=O) groups is 1. The lowest BCUT2D eigenvalue weighted by Gasteiger charge is -2.36. The zero-order chi connectivity index (χ0) is 19.0. The monoisotopic (exact) mass is 364 g/mol. The number of alkyl halides is 2.